The standard InChI is InChI=1S/C18H24O4/c1-13-6-5-9-15(19)8-4-2-3-7-14-12-16(20)10-11-17(14)18(21)22-13/h10-13,20H,2-9H2,1H3/t13-/m1/s1. The van der Waals surface area contributed by atoms with Crippen molar-refractivity contribution in [3.63, 3.8) is 0 Å². The van der Waals surface area contributed by atoms with E-state index in [0.29, 0.717) is 37.0 Å². The number of ether oxygens (including phenoxy) is 1. The van der Waals surface area contributed by atoms with Crippen molar-refractivity contribution in [3.8, 4) is 5.75 Å². The molecule has 4 heteroatoms. The van der Waals surface area contributed by atoms with E-state index in [2.05, 4.69) is 0 Å². The van der Waals surface area contributed by atoms with Crippen LogP contribution >= 0.6 is 0 Å². The number of hydrogen-bond acceptors (Lipinski definition) is 4. The number of cyclic esters (lactones) is 1. The molecule has 0 saturated carbocycles. The van der Waals surface area contributed by atoms with E-state index in [1.165, 1.54) is 6.07 Å². The van der Waals surface area contributed by atoms with Gasteiger partial charge in [-0.25, -0.2) is 4.79 Å². The smallest absolute Gasteiger partial charge is 0.338 e. The molecular weight excluding hydrogens is 280 g/mol. The minimum absolute atomic E-state index is 0.163. The fourth-order valence-electron chi connectivity index (χ4n) is 2.82. The zero-order valence-corrected chi connectivity index (χ0v) is 13.1. The summed E-state index contributed by atoms with van der Waals surface area (Å²) in [6.07, 6.45) is 5.92. The molecule has 0 radical (unpaired) electrons. The van der Waals surface area contributed by atoms with Crippen molar-refractivity contribution in [2.45, 2.75) is 64.4 Å². The highest BCUT2D eigenvalue weighted by atomic mass is 16.5. The summed E-state index contributed by atoms with van der Waals surface area (Å²) in [5.41, 5.74) is 1.36. The van der Waals surface area contributed by atoms with Gasteiger partial charge in [0.2, 0.25) is 0 Å². The van der Waals surface area contributed by atoms with Crippen LogP contribution in [-0.2, 0) is 16.0 Å². The minimum atomic E-state index is -0.342. The quantitative estimate of drug-likeness (QED) is 0.741. The summed E-state index contributed by atoms with van der Waals surface area (Å²) in [5, 5.41) is 9.64. The van der Waals surface area contributed by atoms with Crippen LogP contribution in [0.3, 0.4) is 0 Å². The van der Waals surface area contributed by atoms with Crippen molar-refractivity contribution in [2.24, 2.45) is 0 Å². The van der Waals surface area contributed by atoms with Gasteiger partial charge >= 0.3 is 5.97 Å². The monoisotopic (exact) mass is 304 g/mol. The molecule has 1 aliphatic heterocycles. The number of aryl methyl sites for hydroxylation is 1. The number of carbonyl (C=O) groups is 2. The number of carbonyl (C=O) groups excluding carboxylic acids is 2. The zero-order valence-electron chi connectivity index (χ0n) is 13.1. The topological polar surface area (TPSA) is 63.6 Å². The molecule has 0 saturated heterocycles. The number of hydrogen-bond donors (Lipinski definition) is 1. The van der Waals surface area contributed by atoms with Crippen LogP contribution < -0.4 is 0 Å². The van der Waals surface area contributed by atoms with Crippen LogP contribution in [0.1, 0.15) is 67.8 Å². The van der Waals surface area contributed by atoms with Gasteiger partial charge < -0.3 is 9.84 Å². The second-order valence-corrected chi connectivity index (χ2v) is 6.05. The molecule has 0 amide bonds. The molecule has 0 spiro atoms. The molecule has 0 fully saturated rings. The second-order valence-electron chi connectivity index (χ2n) is 6.05. The summed E-state index contributed by atoms with van der Waals surface area (Å²) in [7, 11) is 0. The summed E-state index contributed by atoms with van der Waals surface area (Å²) in [5.74, 6) is 0.121. The third kappa shape index (κ3) is 4.86. The highest BCUT2D eigenvalue weighted by molar-refractivity contribution is 5.91. The van der Waals surface area contributed by atoms with Crippen molar-refractivity contribution in [2.75, 3.05) is 0 Å². The number of rotatable bonds is 0. The first kappa shape index (κ1) is 16.5. The molecule has 22 heavy (non-hydrogen) atoms. The highest BCUT2D eigenvalue weighted by Crippen LogP contribution is 2.22. The summed E-state index contributed by atoms with van der Waals surface area (Å²) in [6, 6.07) is 4.79. The van der Waals surface area contributed by atoms with Crippen LogP contribution in [0.5, 0.6) is 5.75 Å². The average molecular weight is 304 g/mol. The van der Waals surface area contributed by atoms with E-state index in [-0.39, 0.29) is 17.8 Å². The molecule has 0 aromatic heterocycles. The largest absolute Gasteiger partial charge is 0.508 e. The van der Waals surface area contributed by atoms with E-state index < -0.39 is 0 Å². The maximum Gasteiger partial charge on any atom is 0.338 e. The lowest BCUT2D eigenvalue weighted by atomic mass is 9.99. The number of phenolic OH excluding ortho intramolecular Hbond substituents is 1. The number of aromatic hydroxyl groups is 1. The highest BCUT2D eigenvalue weighted by Gasteiger charge is 2.17. The number of fused-ring (bicyclic) bond motifs is 1. The van der Waals surface area contributed by atoms with Crippen molar-refractivity contribution in [3.05, 3.63) is 29.3 Å². The van der Waals surface area contributed by atoms with Gasteiger partial charge in [0.15, 0.2) is 0 Å². The summed E-state index contributed by atoms with van der Waals surface area (Å²) in [4.78, 5) is 24.0. The number of ketones is 1. The third-order valence-corrected chi connectivity index (χ3v) is 4.08. The van der Waals surface area contributed by atoms with E-state index in [1.54, 1.807) is 12.1 Å². The van der Waals surface area contributed by atoms with E-state index in [0.717, 1.165) is 31.2 Å². The van der Waals surface area contributed by atoms with Gasteiger partial charge in [-0.15, -0.1) is 0 Å². The van der Waals surface area contributed by atoms with Gasteiger partial charge in [-0.1, -0.05) is 6.42 Å². The molecule has 1 aliphatic rings. The van der Waals surface area contributed by atoms with Crippen molar-refractivity contribution in [1.82, 2.24) is 0 Å². The first-order valence-corrected chi connectivity index (χ1v) is 8.11. The van der Waals surface area contributed by atoms with Gasteiger partial charge in [0.05, 0.1) is 11.7 Å². The van der Waals surface area contributed by atoms with Crippen molar-refractivity contribution >= 4 is 11.8 Å². The van der Waals surface area contributed by atoms with E-state index in [1.807, 2.05) is 6.92 Å². The molecule has 1 atom stereocenters. The Morgan fingerprint density at radius 2 is 1.77 bits per heavy atom. The molecule has 120 valence electrons. The van der Waals surface area contributed by atoms with Crippen LogP contribution in [0.25, 0.3) is 0 Å². The molecule has 0 aliphatic carbocycles. The number of esters is 1. The van der Waals surface area contributed by atoms with Crippen LogP contribution in [0.2, 0.25) is 0 Å². The van der Waals surface area contributed by atoms with Crippen molar-refractivity contribution < 1.29 is 19.4 Å². The number of benzene rings is 1. The molecule has 4 nitrogen and oxygen atoms in total. The van der Waals surface area contributed by atoms with Gasteiger partial charge in [0.1, 0.15) is 11.5 Å². The fraction of sp³-hybridized carbons (Fsp3) is 0.556. The van der Waals surface area contributed by atoms with Crippen LogP contribution in [0.15, 0.2) is 18.2 Å². The molecule has 1 N–H and O–H groups in total. The molecule has 0 unspecified atom stereocenters. The molecule has 1 heterocycles. The maximum absolute atomic E-state index is 12.3. The van der Waals surface area contributed by atoms with E-state index >= 15 is 0 Å². The van der Waals surface area contributed by atoms with Crippen LogP contribution in [-0.4, -0.2) is 23.0 Å². The Kier molecular flexibility index (Phi) is 5.99. The van der Waals surface area contributed by atoms with E-state index in [9.17, 15) is 14.7 Å². The van der Waals surface area contributed by atoms with Gasteiger partial charge in [-0.2, -0.15) is 0 Å². The lowest BCUT2D eigenvalue weighted by Gasteiger charge is -2.16. The predicted octanol–water partition coefficient (Wildman–Crippen LogP) is 3.79. The molecule has 1 aromatic rings. The lowest BCUT2D eigenvalue weighted by molar-refractivity contribution is -0.119. The Bertz CT molecular complexity index is 536. The Morgan fingerprint density at radius 3 is 2.59 bits per heavy atom. The minimum Gasteiger partial charge on any atom is -0.508 e. The van der Waals surface area contributed by atoms with E-state index in [4.69, 9.17) is 4.74 Å². The second kappa shape index (κ2) is 7.97. The third-order valence-electron chi connectivity index (χ3n) is 4.08. The Hall–Kier alpha value is -1.84. The number of Topliss-reactive ketones (excluding diaryl/α,β-unsaturated/α-hetero) is 1. The average Bonchev–Trinajstić information content (AvgIpc) is 2.46. The van der Waals surface area contributed by atoms with Crippen LogP contribution in [0, 0.1) is 0 Å². The normalized spacial score (nSPS) is 21.6. The van der Waals surface area contributed by atoms with Crippen LogP contribution in [0.4, 0.5) is 0 Å². The summed E-state index contributed by atoms with van der Waals surface area (Å²) < 4.78 is 5.46. The molecule has 1 aromatic carbocycles. The van der Waals surface area contributed by atoms with Gasteiger partial charge in [0.25, 0.3) is 0 Å². The Labute approximate surface area is 131 Å². The SMILES string of the molecule is C[C@@H]1CCCC(=O)CCCCCc2cc(O)ccc2C(=O)O1. The number of phenols is 1. The van der Waals surface area contributed by atoms with Gasteiger partial charge in [-0.3, -0.25) is 4.79 Å². The Balaban J connectivity index is 2.15. The Morgan fingerprint density at radius 1 is 1.05 bits per heavy atom. The molecule has 0 bridgehead atoms. The van der Waals surface area contributed by atoms with Gasteiger partial charge in [-0.05, 0) is 62.8 Å². The maximum atomic E-state index is 12.3. The predicted molar refractivity (Wildman–Crippen MR) is 84.0 cm³/mol. The first-order valence-electron chi connectivity index (χ1n) is 8.11. The lowest BCUT2D eigenvalue weighted by Crippen LogP contribution is -2.17. The molecular formula is C18H24O4. The molecule has 2 rings (SSSR count). The van der Waals surface area contributed by atoms with Gasteiger partial charge in [0, 0.05) is 12.8 Å². The fourth-order valence-corrected chi connectivity index (χ4v) is 2.82. The zero-order chi connectivity index (χ0) is 15.9. The summed E-state index contributed by atoms with van der Waals surface area (Å²) >= 11 is 0. The first-order chi connectivity index (χ1) is 10.6. The van der Waals surface area contributed by atoms with Crippen molar-refractivity contribution in [1.29, 1.82) is 0 Å². The summed E-state index contributed by atoms with van der Waals surface area (Å²) in [6.45, 7) is 1.86.